The van der Waals surface area contributed by atoms with Gasteiger partial charge in [-0.3, -0.25) is 0 Å². The van der Waals surface area contributed by atoms with Crippen molar-refractivity contribution in [3.05, 3.63) is 22.3 Å². The van der Waals surface area contributed by atoms with Crippen LogP contribution >= 0.6 is 12.6 Å². The average Bonchev–Trinajstić information content (AvgIpc) is 1.80. The highest BCUT2D eigenvalue weighted by molar-refractivity contribution is 7.84. The van der Waals surface area contributed by atoms with Gasteiger partial charge in [0.2, 0.25) is 0 Å². The van der Waals surface area contributed by atoms with E-state index in [2.05, 4.69) is 12.6 Å². The van der Waals surface area contributed by atoms with Crippen molar-refractivity contribution in [2.45, 2.75) is 19.8 Å². The minimum absolute atomic E-state index is 0.973. The zero-order valence-corrected chi connectivity index (χ0v) is 6.41. The average molecular weight is 141 g/mol. The Labute approximate surface area is 61.0 Å². The monoisotopic (exact) mass is 141 g/mol. The molecule has 0 aromatic rings. The van der Waals surface area contributed by atoms with E-state index in [4.69, 9.17) is 5.73 Å². The Morgan fingerprint density at radius 3 is 2.67 bits per heavy atom. The van der Waals surface area contributed by atoms with Crippen LogP contribution in [-0.4, -0.2) is 0 Å². The summed E-state index contributed by atoms with van der Waals surface area (Å²) in [5.41, 5.74) is 7.82. The second-order valence-electron chi connectivity index (χ2n) is 2.34. The van der Waals surface area contributed by atoms with Crippen LogP contribution in [0.25, 0.3) is 0 Å². The fraction of sp³-hybridized carbons (Fsp3) is 0.429. The largest absolute Gasteiger partial charge is 0.402 e. The topological polar surface area (TPSA) is 26.0 Å². The molecule has 1 rings (SSSR count). The van der Waals surface area contributed by atoms with Crippen molar-refractivity contribution >= 4 is 12.6 Å². The summed E-state index contributed by atoms with van der Waals surface area (Å²) >= 11 is 4.23. The molecule has 9 heavy (non-hydrogen) atoms. The van der Waals surface area contributed by atoms with Crippen molar-refractivity contribution in [3.8, 4) is 0 Å². The smallest absolute Gasteiger partial charge is 0.0114 e. The van der Waals surface area contributed by atoms with Crippen LogP contribution in [0.1, 0.15) is 19.8 Å². The third-order valence-electron chi connectivity index (χ3n) is 1.54. The van der Waals surface area contributed by atoms with Crippen molar-refractivity contribution < 1.29 is 0 Å². The molecule has 2 heteroatoms. The second kappa shape index (κ2) is 2.48. The first-order valence-corrected chi connectivity index (χ1v) is 3.49. The van der Waals surface area contributed by atoms with Crippen LogP contribution in [0, 0.1) is 0 Å². The fourth-order valence-corrected chi connectivity index (χ4v) is 1.18. The third-order valence-corrected chi connectivity index (χ3v) is 1.89. The van der Waals surface area contributed by atoms with Crippen molar-refractivity contribution in [1.82, 2.24) is 0 Å². The highest BCUT2D eigenvalue weighted by atomic mass is 32.1. The molecule has 1 nitrogen and oxygen atoms in total. The van der Waals surface area contributed by atoms with Crippen molar-refractivity contribution in [2.24, 2.45) is 5.73 Å². The lowest BCUT2D eigenvalue weighted by atomic mass is 10.1. The molecule has 0 bridgehead atoms. The lowest BCUT2D eigenvalue weighted by Crippen LogP contribution is -2.03. The van der Waals surface area contributed by atoms with Crippen LogP contribution in [-0.2, 0) is 0 Å². The van der Waals surface area contributed by atoms with Crippen molar-refractivity contribution in [1.29, 1.82) is 0 Å². The van der Waals surface area contributed by atoms with Crippen LogP contribution in [0.3, 0.4) is 0 Å². The maximum Gasteiger partial charge on any atom is 0.0114 e. The van der Waals surface area contributed by atoms with Gasteiger partial charge in [0.1, 0.15) is 0 Å². The summed E-state index contributed by atoms with van der Waals surface area (Å²) in [6.45, 7) is 2.02. The van der Waals surface area contributed by atoms with Gasteiger partial charge in [-0.1, -0.05) is 0 Å². The lowest BCUT2D eigenvalue weighted by Gasteiger charge is -2.10. The molecule has 0 atom stereocenters. The molecule has 2 N–H and O–H groups in total. The molecule has 0 aliphatic heterocycles. The van der Waals surface area contributed by atoms with E-state index in [0.29, 0.717) is 0 Å². The summed E-state index contributed by atoms with van der Waals surface area (Å²) in [4.78, 5) is 1.14. The predicted molar refractivity (Wildman–Crippen MR) is 43.2 cm³/mol. The standard InChI is InChI=1S/C7H11NS/c1-5-4-6(9)2-3-7(5)8/h4,9H,2-3,8H2,1H3. The normalized spacial score (nSPS) is 20.0. The molecule has 0 heterocycles. The first kappa shape index (κ1) is 6.75. The van der Waals surface area contributed by atoms with Gasteiger partial charge in [-0.05, 0) is 36.3 Å². The molecule has 1 aliphatic rings. The van der Waals surface area contributed by atoms with Gasteiger partial charge in [0, 0.05) is 5.70 Å². The van der Waals surface area contributed by atoms with E-state index in [0.717, 1.165) is 23.4 Å². The molecule has 0 saturated heterocycles. The summed E-state index contributed by atoms with van der Waals surface area (Å²) in [7, 11) is 0. The Morgan fingerprint density at radius 1 is 1.56 bits per heavy atom. The molecule has 0 aromatic carbocycles. The van der Waals surface area contributed by atoms with E-state index >= 15 is 0 Å². The Kier molecular flexibility index (Phi) is 1.86. The number of thiol groups is 1. The molecule has 50 valence electrons. The fourth-order valence-electron chi connectivity index (χ4n) is 0.875. The van der Waals surface area contributed by atoms with Gasteiger partial charge in [0.25, 0.3) is 0 Å². The molecule has 0 radical (unpaired) electrons. The molecule has 0 unspecified atom stereocenters. The SMILES string of the molecule is CC1=C(N)CCC(S)=C1. The van der Waals surface area contributed by atoms with Crippen molar-refractivity contribution in [3.63, 3.8) is 0 Å². The number of hydrogen-bond acceptors (Lipinski definition) is 2. The first-order valence-electron chi connectivity index (χ1n) is 3.05. The van der Waals surface area contributed by atoms with Gasteiger partial charge in [-0.15, -0.1) is 12.6 Å². The van der Waals surface area contributed by atoms with Crippen LogP contribution in [0.15, 0.2) is 22.3 Å². The van der Waals surface area contributed by atoms with Crippen LogP contribution in [0.2, 0.25) is 0 Å². The number of hydrogen-bond donors (Lipinski definition) is 2. The first-order chi connectivity index (χ1) is 4.20. The van der Waals surface area contributed by atoms with Gasteiger partial charge < -0.3 is 5.73 Å². The Bertz CT molecular complexity index is 179. The van der Waals surface area contributed by atoms with Gasteiger partial charge in [0.15, 0.2) is 0 Å². The zero-order valence-electron chi connectivity index (χ0n) is 5.52. The van der Waals surface area contributed by atoms with E-state index in [9.17, 15) is 0 Å². The quantitative estimate of drug-likeness (QED) is 0.494. The second-order valence-corrected chi connectivity index (χ2v) is 2.92. The maximum atomic E-state index is 5.64. The maximum absolute atomic E-state index is 5.64. The molecule has 0 spiro atoms. The highest BCUT2D eigenvalue weighted by Crippen LogP contribution is 2.22. The number of allylic oxidation sites excluding steroid dienone is 4. The third kappa shape index (κ3) is 1.52. The van der Waals surface area contributed by atoms with Gasteiger partial charge in [-0.2, -0.15) is 0 Å². The molecule has 0 amide bonds. The number of nitrogens with two attached hydrogens (primary N) is 1. The summed E-state index contributed by atoms with van der Waals surface area (Å²) in [6, 6.07) is 0. The lowest BCUT2D eigenvalue weighted by molar-refractivity contribution is 0.912. The Morgan fingerprint density at radius 2 is 2.22 bits per heavy atom. The van der Waals surface area contributed by atoms with Gasteiger partial charge in [0.05, 0.1) is 0 Å². The van der Waals surface area contributed by atoms with E-state index in [-0.39, 0.29) is 0 Å². The van der Waals surface area contributed by atoms with E-state index in [1.165, 1.54) is 5.57 Å². The van der Waals surface area contributed by atoms with E-state index < -0.39 is 0 Å². The minimum Gasteiger partial charge on any atom is -0.402 e. The minimum atomic E-state index is 0.973. The van der Waals surface area contributed by atoms with E-state index in [1.807, 2.05) is 13.0 Å². The molecule has 0 aromatic heterocycles. The molecular formula is C7H11NS. The van der Waals surface area contributed by atoms with E-state index in [1.54, 1.807) is 0 Å². The highest BCUT2D eigenvalue weighted by Gasteiger charge is 2.03. The molecular weight excluding hydrogens is 130 g/mol. The number of rotatable bonds is 0. The predicted octanol–water partition coefficient (Wildman–Crippen LogP) is 1.83. The summed E-state index contributed by atoms with van der Waals surface area (Å²) in [6.07, 6.45) is 4.01. The van der Waals surface area contributed by atoms with Gasteiger partial charge >= 0.3 is 0 Å². The molecule has 1 aliphatic carbocycles. The Hall–Kier alpha value is -0.370. The zero-order chi connectivity index (χ0) is 6.85. The summed E-state index contributed by atoms with van der Waals surface area (Å²) < 4.78 is 0. The molecule has 0 saturated carbocycles. The van der Waals surface area contributed by atoms with Crippen molar-refractivity contribution in [2.75, 3.05) is 0 Å². The van der Waals surface area contributed by atoms with Crippen LogP contribution in [0.4, 0.5) is 0 Å². The Balaban J connectivity index is 2.83. The summed E-state index contributed by atoms with van der Waals surface area (Å²) in [5.74, 6) is 0. The molecule has 0 fully saturated rings. The summed E-state index contributed by atoms with van der Waals surface area (Å²) in [5, 5.41) is 0. The van der Waals surface area contributed by atoms with Gasteiger partial charge in [-0.25, -0.2) is 0 Å². The van der Waals surface area contributed by atoms with Crippen LogP contribution in [0.5, 0.6) is 0 Å². The van der Waals surface area contributed by atoms with Crippen LogP contribution < -0.4 is 5.73 Å².